The van der Waals surface area contributed by atoms with Crippen LogP contribution in [-0.2, 0) is 12.8 Å². The Kier molecular flexibility index (Phi) is 4.58. The zero-order valence-electron chi connectivity index (χ0n) is 18.3. The number of hydrogen-bond donors (Lipinski definition) is 1. The molecule has 0 saturated carbocycles. The van der Waals surface area contributed by atoms with Crippen LogP contribution in [0.3, 0.4) is 0 Å². The van der Waals surface area contributed by atoms with Gasteiger partial charge in [-0.05, 0) is 48.6 Å². The maximum absolute atomic E-state index is 13.0. The second-order valence-electron chi connectivity index (χ2n) is 9.31. The van der Waals surface area contributed by atoms with Crippen LogP contribution in [0.2, 0.25) is 0 Å². The van der Waals surface area contributed by atoms with Gasteiger partial charge in [-0.1, -0.05) is 13.8 Å². The van der Waals surface area contributed by atoms with E-state index in [2.05, 4.69) is 5.32 Å². The van der Waals surface area contributed by atoms with Gasteiger partial charge in [0.15, 0.2) is 11.5 Å². The number of nitrogens with zero attached hydrogens (tertiary/aromatic N) is 1. The Bertz CT molecular complexity index is 1250. The second-order valence-corrected chi connectivity index (χ2v) is 9.31. The van der Waals surface area contributed by atoms with E-state index in [-0.39, 0.29) is 28.8 Å². The SMILES string of the molecule is Cc1c(C(=O)Nc2ccc3c(c2)CCN3C(=O)c2ccoc2)oc2c1C(=O)CC(C)(C)C2. The van der Waals surface area contributed by atoms with Crippen LogP contribution in [0.4, 0.5) is 11.4 Å². The average molecular weight is 432 g/mol. The summed E-state index contributed by atoms with van der Waals surface area (Å²) in [6.07, 6.45) is 4.68. The number of carbonyl (C=O) groups is 3. The molecule has 7 heteroatoms. The topological polar surface area (TPSA) is 92.8 Å². The van der Waals surface area contributed by atoms with Gasteiger partial charge < -0.3 is 19.1 Å². The first kappa shape index (κ1) is 20.3. The summed E-state index contributed by atoms with van der Waals surface area (Å²) in [4.78, 5) is 39.9. The minimum atomic E-state index is -0.383. The Balaban J connectivity index is 1.37. The van der Waals surface area contributed by atoms with Crippen molar-refractivity contribution in [1.29, 1.82) is 0 Å². The molecule has 32 heavy (non-hydrogen) atoms. The molecule has 3 heterocycles. The van der Waals surface area contributed by atoms with Crippen LogP contribution in [0.25, 0.3) is 0 Å². The lowest BCUT2D eigenvalue weighted by Crippen LogP contribution is -2.28. The van der Waals surface area contributed by atoms with Crippen LogP contribution in [0.15, 0.2) is 45.6 Å². The highest BCUT2D eigenvalue weighted by Gasteiger charge is 2.37. The molecule has 0 radical (unpaired) electrons. The Morgan fingerprint density at radius 2 is 1.97 bits per heavy atom. The summed E-state index contributed by atoms with van der Waals surface area (Å²) >= 11 is 0. The van der Waals surface area contributed by atoms with E-state index < -0.39 is 0 Å². The average Bonchev–Trinajstić information content (AvgIpc) is 3.45. The van der Waals surface area contributed by atoms with E-state index in [0.717, 1.165) is 11.3 Å². The van der Waals surface area contributed by atoms with Gasteiger partial charge in [-0.15, -0.1) is 0 Å². The van der Waals surface area contributed by atoms with E-state index in [1.54, 1.807) is 24.0 Å². The normalized spacial score (nSPS) is 16.6. The summed E-state index contributed by atoms with van der Waals surface area (Å²) in [5.74, 6) is 0.302. The lowest BCUT2D eigenvalue weighted by Gasteiger charge is -2.27. The smallest absolute Gasteiger partial charge is 0.291 e. The van der Waals surface area contributed by atoms with E-state index in [1.165, 1.54) is 12.5 Å². The van der Waals surface area contributed by atoms with Gasteiger partial charge in [0.05, 0.1) is 17.4 Å². The highest BCUT2D eigenvalue weighted by atomic mass is 16.4. The molecule has 2 amide bonds. The first-order valence-electron chi connectivity index (χ1n) is 10.7. The molecule has 2 aliphatic rings. The number of Topliss-reactive ketones (excluding diaryl/α,β-unsaturated/α-hetero) is 1. The Morgan fingerprint density at radius 3 is 2.72 bits per heavy atom. The van der Waals surface area contributed by atoms with Crippen LogP contribution in [0.1, 0.15) is 68.4 Å². The van der Waals surface area contributed by atoms with Crippen molar-refractivity contribution in [2.24, 2.45) is 5.41 Å². The number of amides is 2. The fourth-order valence-corrected chi connectivity index (χ4v) is 4.72. The highest BCUT2D eigenvalue weighted by molar-refractivity contribution is 6.09. The standard InChI is InChI=1S/C25H24N2O5/c1-14-21-19(28)11-25(2,3)12-20(21)32-22(14)23(29)26-17-4-5-18-15(10-17)6-8-27(18)24(30)16-7-9-31-13-16/h4-5,7,9-10,13H,6,8,11-12H2,1-3H3,(H,26,29). The molecule has 3 aromatic rings. The first-order chi connectivity index (χ1) is 15.2. The molecule has 0 bridgehead atoms. The van der Waals surface area contributed by atoms with Gasteiger partial charge in [0, 0.05) is 36.3 Å². The van der Waals surface area contributed by atoms with Crippen molar-refractivity contribution in [2.75, 3.05) is 16.8 Å². The van der Waals surface area contributed by atoms with Crippen LogP contribution in [-0.4, -0.2) is 24.1 Å². The molecule has 0 spiro atoms. The number of ketones is 1. The number of furan rings is 2. The molecule has 1 aromatic carbocycles. The van der Waals surface area contributed by atoms with Crippen LogP contribution in [0.5, 0.6) is 0 Å². The van der Waals surface area contributed by atoms with Crippen molar-refractivity contribution in [3.8, 4) is 0 Å². The lowest BCUT2D eigenvalue weighted by atomic mass is 9.76. The van der Waals surface area contributed by atoms with E-state index in [4.69, 9.17) is 8.83 Å². The van der Waals surface area contributed by atoms with Gasteiger partial charge in [-0.2, -0.15) is 0 Å². The molecule has 1 aliphatic heterocycles. The molecule has 1 N–H and O–H groups in total. The van der Waals surface area contributed by atoms with E-state index in [0.29, 0.717) is 53.9 Å². The Morgan fingerprint density at radius 1 is 1.16 bits per heavy atom. The van der Waals surface area contributed by atoms with Crippen molar-refractivity contribution in [3.05, 3.63) is 70.6 Å². The van der Waals surface area contributed by atoms with Gasteiger partial charge in [0.1, 0.15) is 12.0 Å². The highest BCUT2D eigenvalue weighted by Crippen LogP contribution is 2.39. The number of rotatable bonds is 3. The molecular formula is C25H24N2O5. The number of nitrogens with one attached hydrogen (secondary N) is 1. The maximum atomic E-state index is 13.0. The van der Waals surface area contributed by atoms with Gasteiger partial charge >= 0.3 is 0 Å². The number of anilines is 2. The number of benzene rings is 1. The molecule has 0 fully saturated rings. The molecule has 2 aromatic heterocycles. The van der Waals surface area contributed by atoms with Crippen molar-refractivity contribution < 1.29 is 23.2 Å². The number of hydrogen-bond acceptors (Lipinski definition) is 5. The number of carbonyl (C=O) groups excluding carboxylic acids is 3. The zero-order chi connectivity index (χ0) is 22.6. The van der Waals surface area contributed by atoms with Gasteiger partial charge in [-0.25, -0.2) is 0 Å². The first-order valence-corrected chi connectivity index (χ1v) is 10.7. The minimum absolute atomic E-state index is 0.0245. The Labute approximate surface area is 185 Å². The Hall–Kier alpha value is -3.61. The third-order valence-electron chi connectivity index (χ3n) is 6.23. The van der Waals surface area contributed by atoms with Gasteiger partial charge in [0.25, 0.3) is 11.8 Å². The fourth-order valence-electron chi connectivity index (χ4n) is 4.72. The van der Waals surface area contributed by atoms with Crippen molar-refractivity contribution >= 4 is 29.0 Å². The third-order valence-corrected chi connectivity index (χ3v) is 6.23. The zero-order valence-corrected chi connectivity index (χ0v) is 18.3. The van der Waals surface area contributed by atoms with Crippen LogP contribution in [0, 0.1) is 12.3 Å². The second kappa shape index (κ2) is 7.22. The minimum Gasteiger partial charge on any atom is -0.472 e. The molecule has 5 rings (SSSR count). The molecule has 0 unspecified atom stereocenters. The molecule has 7 nitrogen and oxygen atoms in total. The summed E-state index contributed by atoms with van der Waals surface area (Å²) in [6.45, 7) is 6.38. The summed E-state index contributed by atoms with van der Waals surface area (Å²) < 4.78 is 10.9. The molecular weight excluding hydrogens is 408 g/mol. The monoisotopic (exact) mass is 432 g/mol. The van der Waals surface area contributed by atoms with E-state index in [9.17, 15) is 14.4 Å². The van der Waals surface area contributed by atoms with Crippen LogP contribution < -0.4 is 10.2 Å². The quantitative estimate of drug-likeness (QED) is 0.642. The van der Waals surface area contributed by atoms with E-state index >= 15 is 0 Å². The van der Waals surface area contributed by atoms with Crippen molar-refractivity contribution in [2.45, 2.75) is 40.0 Å². The maximum Gasteiger partial charge on any atom is 0.291 e. The number of fused-ring (bicyclic) bond motifs is 2. The predicted molar refractivity (Wildman–Crippen MR) is 118 cm³/mol. The fraction of sp³-hybridized carbons (Fsp3) is 0.320. The summed E-state index contributed by atoms with van der Waals surface area (Å²) in [5, 5.41) is 2.88. The molecule has 0 saturated heterocycles. The molecule has 164 valence electrons. The molecule has 1 aliphatic carbocycles. The third kappa shape index (κ3) is 3.34. The van der Waals surface area contributed by atoms with Crippen molar-refractivity contribution in [1.82, 2.24) is 0 Å². The van der Waals surface area contributed by atoms with E-state index in [1.807, 2.05) is 26.0 Å². The van der Waals surface area contributed by atoms with Gasteiger partial charge in [-0.3, -0.25) is 14.4 Å². The van der Waals surface area contributed by atoms with Crippen LogP contribution >= 0.6 is 0 Å². The molecule has 0 atom stereocenters. The summed E-state index contributed by atoms with van der Waals surface area (Å²) in [5.41, 5.74) is 3.89. The lowest BCUT2D eigenvalue weighted by molar-refractivity contribution is 0.0898. The summed E-state index contributed by atoms with van der Waals surface area (Å²) in [6, 6.07) is 7.13. The predicted octanol–water partition coefficient (Wildman–Crippen LogP) is 4.79. The van der Waals surface area contributed by atoms with Crippen molar-refractivity contribution in [3.63, 3.8) is 0 Å². The largest absolute Gasteiger partial charge is 0.472 e. The van der Waals surface area contributed by atoms with Gasteiger partial charge in [0.2, 0.25) is 0 Å². The summed E-state index contributed by atoms with van der Waals surface area (Å²) in [7, 11) is 0.